The van der Waals surface area contributed by atoms with E-state index in [2.05, 4.69) is 16.0 Å². The van der Waals surface area contributed by atoms with Crippen LogP contribution in [0, 0.1) is 5.92 Å². The second kappa shape index (κ2) is 8.32. The van der Waals surface area contributed by atoms with E-state index in [1.165, 1.54) is 0 Å². The van der Waals surface area contributed by atoms with Crippen LogP contribution < -0.4 is 16.0 Å². The molecule has 0 heterocycles. The normalized spacial score (nSPS) is 10.4. The minimum atomic E-state index is -0.0556. The monoisotopic (exact) mass is 277 g/mol. The molecule has 0 spiro atoms. The van der Waals surface area contributed by atoms with E-state index in [0.717, 1.165) is 11.3 Å². The van der Waals surface area contributed by atoms with Crippen molar-refractivity contribution in [3.05, 3.63) is 29.8 Å². The van der Waals surface area contributed by atoms with Gasteiger partial charge in [0.15, 0.2) is 0 Å². The molecule has 0 atom stereocenters. The maximum absolute atomic E-state index is 11.6. The summed E-state index contributed by atoms with van der Waals surface area (Å²) in [6, 6.07) is 7.50. The van der Waals surface area contributed by atoms with Crippen LogP contribution in [0.25, 0.3) is 0 Å². The zero-order valence-corrected chi connectivity index (χ0v) is 12.3. The Morgan fingerprint density at radius 1 is 1.25 bits per heavy atom. The summed E-state index contributed by atoms with van der Waals surface area (Å²) in [6.07, 6.45) is 0.459. The predicted molar refractivity (Wildman–Crippen MR) is 80.3 cm³/mol. The summed E-state index contributed by atoms with van der Waals surface area (Å²) in [5, 5.41) is 8.62. The average molecular weight is 277 g/mol. The molecule has 0 radical (unpaired) electrons. The fraction of sp³-hybridized carbons (Fsp3) is 0.467. The van der Waals surface area contributed by atoms with Gasteiger partial charge in [-0.25, -0.2) is 0 Å². The van der Waals surface area contributed by atoms with Crippen molar-refractivity contribution in [3.63, 3.8) is 0 Å². The van der Waals surface area contributed by atoms with Crippen LogP contribution in [0.15, 0.2) is 24.3 Å². The molecule has 1 aromatic rings. The molecule has 2 amide bonds. The van der Waals surface area contributed by atoms with Crippen LogP contribution >= 0.6 is 0 Å². The van der Waals surface area contributed by atoms with E-state index < -0.39 is 0 Å². The van der Waals surface area contributed by atoms with Crippen molar-refractivity contribution in [2.75, 3.05) is 18.9 Å². The van der Waals surface area contributed by atoms with Crippen molar-refractivity contribution < 1.29 is 9.59 Å². The number of nitrogens with one attached hydrogen (secondary N) is 3. The summed E-state index contributed by atoms with van der Waals surface area (Å²) in [7, 11) is 1.81. The van der Waals surface area contributed by atoms with Gasteiger partial charge in [0.1, 0.15) is 0 Å². The van der Waals surface area contributed by atoms with E-state index in [0.29, 0.717) is 19.5 Å². The maximum Gasteiger partial charge on any atom is 0.226 e. The van der Waals surface area contributed by atoms with Crippen LogP contribution in [0.4, 0.5) is 5.69 Å². The van der Waals surface area contributed by atoms with Gasteiger partial charge in [0.05, 0.1) is 0 Å². The first-order chi connectivity index (χ1) is 9.52. The molecular formula is C15H23N3O2. The first-order valence-electron chi connectivity index (χ1n) is 6.84. The second-order valence-corrected chi connectivity index (χ2v) is 4.97. The molecule has 5 heteroatoms. The smallest absolute Gasteiger partial charge is 0.226 e. The summed E-state index contributed by atoms with van der Waals surface area (Å²) in [5.41, 5.74) is 1.72. The minimum absolute atomic E-state index is 0.0102. The van der Waals surface area contributed by atoms with Crippen molar-refractivity contribution in [1.29, 1.82) is 0 Å². The predicted octanol–water partition coefficient (Wildman–Crippen LogP) is 1.51. The molecule has 0 aliphatic carbocycles. The van der Waals surface area contributed by atoms with Crippen molar-refractivity contribution in [2.24, 2.45) is 5.92 Å². The number of carbonyl (C=O) groups is 2. The van der Waals surface area contributed by atoms with Crippen LogP contribution in [-0.4, -0.2) is 25.4 Å². The lowest BCUT2D eigenvalue weighted by Crippen LogP contribution is -2.26. The van der Waals surface area contributed by atoms with Gasteiger partial charge in [0.2, 0.25) is 11.8 Å². The number of rotatable bonds is 7. The number of amides is 2. The quantitative estimate of drug-likeness (QED) is 0.707. The Hall–Kier alpha value is -1.88. The van der Waals surface area contributed by atoms with E-state index in [-0.39, 0.29) is 17.7 Å². The summed E-state index contributed by atoms with van der Waals surface area (Å²) < 4.78 is 0. The molecule has 1 aromatic carbocycles. The van der Waals surface area contributed by atoms with Crippen LogP contribution in [0.5, 0.6) is 0 Å². The lowest BCUT2D eigenvalue weighted by molar-refractivity contribution is -0.121. The zero-order chi connectivity index (χ0) is 15.0. The van der Waals surface area contributed by atoms with Gasteiger partial charge in [-0.05, 0) is 24.7 Å². The van der Waals surface area contributed by atoms with Gasteiger partial charge in [-0.1, -0.05) is 26.0 Å². The third kappa shape index (κ3) is 5.84. The largest absolute Gasteiger partial charge is 0.352 e. The third-order valence-corrected chi connectivity index (χ3v) is 2.81. The van der Waals surface area contributed by atoms with E-state index in [4.69, 9.17) is 0 Å². The number of benzene rings is 1. The highest BCUT2D eigenvalue weighted by Crippen LogP contribution is 2.11. The zero-order valence-electron chi connectivity index (χ0n) is 12.3. The Balaban J connectivity index is 2.51. The first-order valence-corrected chi connectivity index (χ1v) is 6.84. The summed E-state index contributed by atoms with van der Waals surface area (Å²) >= 11 is 0. The Labute approximate surface area is 120 Å². The Bertz CT molecular complexity index is 458. The number of hydrogen-bond donors (Lipinski definition) is 3. The summed E-state index contributed by atoms with van der Waals surface area (Å²) in [6.45, 7) is 4.83. The average Bonchev–Trinajstić information content (AvgIpc) is 2.43. The van der Waals surface area contributed by atoms with Crippen LogP contribution in [-0.2, 0) is 16.1 Å². The number of hydrogen-bond acceptors (Lipinski definition) is 3. The fourth-order valence-corrected chi connectivity index (χ4v) is 1.57. The molecule has 5 nitrogen and oxygen atoms in total. The molecule has 0 aliphatic rings. The van der Waals surface area contributed by atoms with Gasteiger partial charge < -0.3 is 16.0 Å². The van der Waals surface area contributed by atoms with Gasteiger partial charge in [-0.2, -0.15) is 0 Å². The molecule has 0 aliphatic heterocycles. The van der Waals surface area contributed by atoms with Crippen molar-refractivity contribution in [1.82, 2.24) is 10.6 Å². The Kier molecular flexibility index (Phi) is 6.73. The van der Waals surface area contributed by atoms with E-state index >= 15 is 0 Å². The number of carbonyl (C=O) groups excluding carboxylic acids is 2. The molecular weight excluding hydrogens is 254 g/mol. The van der Waals surface area contributed by atoms with Crippen LogP contribution in [0.1, 0.15) is 25.8 Å². The first kappa shape index (κ1) is 16.2. The summed E-state index contributed by atoms with van der Waals surface area (Å²) in [4.78, 5) is 23.1. The highest BCUT2D eigenvalue weighted by Gasteiger charge is 2.07. The Morgan fingerprint density at radius 3 is 2.65 bits per heavy atom. The van der Waals surface area contributed by atoms with Crippen LogP contribution in [0.2, 0.25) is 0 Å². The molecule has 1 rings (SSSR count). The van der Waals surface area contributed by atoms with Gasteiger partial charge in [-0.15, -0.1) is 0 Å². The topological polar surface area (TPSA) is 70.2 Å². The fourth-order valence-electron chi connectivity index (χ4n) is 1.57. The van der Waals surface area contributed by atoms with Gasteiger partial charge >= 0.3 is 0 Å². The molecule has 110 valence electrons. The molecule has 0 bridgehead atoms. The molecule has 20 heavy (non-hydrogen) atoms. The molecule has 0 unspecified atom stereocenters. The minimum Gasteiger partial charge on any atom is -0.352 e. The molecule has 0 saturated carbocycles. The van der Waals surface area contributed by atoms with E-state index in [1.54, 1.807) is 0 Å². The third-order valence-electron chi connectivity index (χ3n) is 2.81. The standard InChI is InChI=1S/C15H23N3O2/c1-11(2)15(20)18-13-6-4-5-12(9-13)10-17-14(19)7-8-16-3/h4-6,9,11,16H,7-8,10H2,1-3H3,(H,17,19)(H,18,20). The van der Waals surface area contributed by atoms with Gasteiger partial charge in [0.25, 0.3) is 0 Å². The van der Waals surface area contributed by atoms with E-state index in [1.807, 2.05) is 45.2 Å². The van der Waals surface area contributed by atoms with Crippen molar-refractivity contribution in [2.45, 2.75) is 26.8 Å². The number of anilines is 1. The van der Waals surface area contributed by atoms with Crippen molar-refractivity contribution >= 4 is 17.5 Å². The molecule has 0 aromatic heterocycles. The van der Waals surface area contributed by atoms with Crippen molar-refractivity contribution in [3.8, 4) is 0 Å². The lowest BCUT2D eigenvalue weighted by atomic mass is 10.1. The van der Waals surface area contributed by atoms with Gasteiger partial charge in [-0.3, -0.25) is 9.59 Å². The lowest BCUT2D eigenvalue weighted by Gasteiger charge is -2.10. The maximum atomic E-state index is 11.6. The molecule has 0 saturated heterocycles. The van der Waals surface area contributed by atoms with Crippen LogP contribution in [0.3, 0.4) is 0 Å². The Morgan fingerprint density at radius 2 is 2.00 bits per heavy atom. The second-order valence-electron chi connectivity index (χ2n) is 4.97. The summed E-state index contributed by atoms with van der Waals surface area (Å²) in [5.74, 6) is -0.0592. The SMILES string of the molecule is CNCCC(=O)NCc1cccc(NC(=O)C(C)C)c1. The highest BCUT2D eigenvalue weighted by atomic mass is 16.2. The van der Waals surface area contributed by atoms with E-state index in [9.17, 15) is 9.59 Å². The molecule has 0 fully saturated rings. The highest BCUT2D eigenvalue weighted by molar-refractivity contribution is 5.92. The molecule has 3 N–H and O–H groups in total. The van der Waals surface area contributed by atoms with Gasteiger partial charge in [0, 0.05) is 31.1 Å².